The lowest BCUT2D eigenvalue weighted by Gasteiger charge is -2.16. The van der Waals surface area contributed by atoms with Crippen molar-refractivity contribution in [3.8, 4) is 5.75 Å². The van der Waals surface area contributed by atoms with Crippen molar-refractivity contribution < 1.29 is 19.2 Å². The number of nitrogens with one attached hydrogen (secondary N) is 2. The second-order valence-corrected chi connectivity index (χ2v) is 6.47. The normalized spacial score (nSPS) is 11.5. The van der Waals surface area contributed by atoms with Gasteiger partial charge in [-0.3, -0.25) is 30.6 Å². The van der Waals surface area contributed by atoms with Crippen LogP contribution < -0.4 is 15.6 Å². The summed E-state index contributed by atoms with van der Waals surface area (Å²) in [5, 5.41) is 12.9. The highest BCUT2D eigenvalue weighted by molar-refractivity contribution is 5.97. The Bertz CT molecular complexity index is 1100. The first-order valence-electron chi connectivity index (χ1n) is 8.86. The van der Waals surface area contributed by atoms with Gasteiger partial charge in [0.1, 0.15) is 5.75 Å². The number of aryl methyl sites for hydroxylation is 1. The van der Waals surface area contributed by atoms with Crippen LogP contribution >= 0.6 is 0 Å². The van der Waals surface area contributed by atoms with Crippen LogP contribution in [0.1, 0.15) is 22.8 Å². The Hall–Kier alpha value is -3.94. The number of nitrogens with zero attached hydrogens (tertiary/aromatic N) is 1. The fraction of sp³-hybridized carbons (Fsp3) is 0.143. The summed E-state index contributed by atoms with van der Waals surface area (Å²) >= 11 is 0. The van der Waals surface area contributed by atoms with Gasteiger partial charge >= 0.3 is 0 Å². The zero-order valence-corrected chi connectivity index (χ0v) is 15.8. The predicted molar refractivity (Wildman–Crippen MR) is 107 cm³/mol. The predicted octanol–water partition coefficient (Wildman–Crippen LogP) is 3.28. The number of hydrogen-bond acceptors (Lipinski definition) is 5. The third kappa shape index (κ3) is 4.67. The third-order valence-corrected chi connectivity index (χ3v) is 4.38. The lowest BCUT2D eigenvalue weighted by molar-refractivity contribution is -0.384. The molecular formula is C21H19N3O5. The van der Waals surface area contributed by atoms with Crippen LogP contribution in [0.25, 0.3) is 10.8 Å². The number of hydrazine groups is 1. The summed E-state index contributed by atoms with van der Waals surface area (Å²) in [5.74, 6) is -0.695. The first-order chi connectivity index (χ1) is 13.8. The van der Waals surface area contributed by atoms with Gasteiger partial charge in [0, 0.05) is 12.1 Å². The number of ether oxygens (including phenoxy) is 1. The summed E-state index contributed by atoms with van der Waals surface area (Å²) in [4.78, 5) is 34.8. The molecule has 0 aromatic heterocycles. The topological polar surface area (TPSA) is 111 Å². The molecule has 0 saturated heterocycles. The van der Waals surface area contributed by atoms with E-state index >= 15 is 0 Å². The molecule has 0 fully saturated rings. The maximum absolute atomic E-state index is 12.3. The van der Waals surface area contributed by atoms with Crippen LogP contribution in [0.3, 0.4) is 0 Å². The maximum atomic E-state index is 12.3. The number of carbonyl (C=O) groups is 2. The van der Waals surface area contributed by atoms with Crippen LogP contribution in [0.4, 0.5) is 5.69 Å². The Morgan fingerprint density at radius 2 is 1.72 bits per heavy atom. The molecule has 0 bridgehead atoms. The molecule has 0 spiro atoms. The van der Waals surface area contributed by atoms with Gasteiger partial charge < -0.3 is 4.74 Å². The fourth-order valence-electron chi connectivity index (χ4n) is 2.75. The minimum Gasteiger partial charge on any atom is -0.481 e. The van der Waals surface area contributed by atoms with Crippen LogP contribution in [0, 0.1) is 17.0 Å². The molecule has 3 aromatic carbocycles. The number of carbonyl (C=O) groups excluding carboxylic acids is 2. The summed E-state index contributed by atoms with van der Waals surface area (Å²) in [6.07, 6.45) is -0.873. The first kappa shape index (κ1) is 19.8. The third-order valence-electron chi connectivity index (χ3n) is 4.38. The number of nitro benzene ring substituents is 1. The standard InChI is InChI=1S/C21H19N3O5/c1-13-7-9-17(24(27)28)12-19(13)21(26)23-22-20(25)14(2)29-18-10-8-15-5-3-4-6-16(15)11-18/h3-12,14H,1-2H3,(H,22,25)(H,23,26). The largest absolute Gasteiger partial charge is 0.481 e. The van der Waals surface area contributed by atoms with Crippen molar-refractivity contribution >= 4 is 28.3 Å². The van der Waals surface area contributed by atoms with Crippen molar-refractivity contribution in [2.75, 3.05) is 0 Å². The Labute approximate surface area is 166 Å². The van der Waals surface area contributed by atoms with Crippen LogP contribution in [-0.2, 0) is 4.79 Å². The molecule has 0 aliphatic rings. The van der Waals surface area contributed by atoms with Crippen molar-refractivity contribution in [2.45, 2.75) is 20.0 Å². The van der Waals surface area contributed by atoms with E-state index in [1.807, 2.05) is 36.4 Å². The van der Waals surface area contributed by atoms with Gasteiger partial charge in [0.25, 0.3) is 17.5 Å². The molecule has 0 heterocycles. The van der Waals surface area contributed by atoms with Crippen molar-refractivity contribution in [3.05, 3.63) is 81.9 Å². The van der Waals surface area contributed by atoms with Crippen LogP contribution in [0.5, 0.6) is 5.75 Å². The molecule has 148 valence electrons. The van der Waals surface area contributed by atoms with E-state index in [1.54, 1.807) is 19.9 Å². The Morgan fingerprint density at radius 1 is 1.00 bits per heavy atom. The summed E-state index contributed by atoms with van der Waals surface area (Å²) < 4.78 is 5.64. The Kier molecular flexibility index (Phi) is 5.73. The quantitative estimate of drug-likeness (QED) is 0.510. The van der Waals surface area contributed by atoms with Crippen LogP contribution in [0.15, 0.2) is 60.7 Å². The molecule has 3 aromatic rings. The average molecular weight is 393 g/mol. The van der Waals surface area contributed by atoms with Crippen molar-refractivity contribution in [1.29, 1.82) is 0 Å². The molecule has 1 unspecified atom stereocenters. The highest BCUT2D eigenvalue weighted by atomic mass is 16.6. The molecule has 1 atom stereocenters. The number of amides is 2. The highest BCUT2D eigenvalue weighted by Crippen LogP contribution is 2.21. The van der Waals surface area contributed by atoms with E-state index in [0.717, 1.165) is 16.8 Å². The second kappa shape index (κ2) is 8.39. The SMILES string of the molecule is Cc1ccc([N+](=O)[O-])cc1C(=O)NNC(=O)C(C)Oc1ccc2ccccc2c1. The van der Waals surface area contributed by atoms with Gasteiger partial charge in [-0.25, -0.2) is 0 Å². The Morgan fingerprint density at radius 3 is 2.45 bits per heavy atom. The van der Waals surface area contributed by atoms with Crippen molar-refractivity contribution in [2.24, 2.45) is 0 Å². The number of rotatable bonds is 5. The second-order valence-electron chi connectivity index (χ2n) is 6.47. The highest BCUT2D eigenvalue weighted by Gasteiger charge is 2.18. The summed E-state index contributed by atoms with van der Waals surface area (Å²) in [7, 11) is 0. The molecular weight excluding hydrogens is 374 g/mol. The van der Waals surface area contributed by atoms with E-state index in [9.17, 15) is 19.7 Å². The van der Waals surface area contributed by atoms with Gasteiger partial charge in [0.2, 0.25) is 0 Å². The van der Waals surface area contributed by atoms with Crippen LogP contribution in [0.2, 0.25) is 0 Å². The Balaban J connectivity index is 1.61. The number of benzene rings is 3. The fourth-order valence-corrected chi connectivity index (χ4v) is 2.75. The number of hydrogen-bond donors (Lipinski definition) is 2. The summed E-state index contributed by atoms with van der Waals surface area (Å²) in [6, 6.07) is 17.2. The molecule has 8 heteroatoms. The first-order valence-corrected chi connectivity index (χ1v) is 8.86. The number of non-ortho nitro benzene ring substituents is 1. The van der Waals surface area contributed by atoms with Gasteiger partial charge in [-0.15, -0.1) is 0 Å². The molecule has 2 N–H and O–H groups in total. The molecule has 0 radical (unpaired) electrons. The van der Waals surface area contributed by atoms with Crippen molar-refractivity contribution in [1.82, 2.24) is 10.9 Å². The average Bonchev–Trinajstić information content (AvgIpc) is 2.71. The lowest BCUT2D eigenvalue weighted by atomic mass is 10.1. The zero-order valence-electron chi connectivity index (χ0n) is 15.8. The lowest BCUT2D eigenvalue weighted by Crippen LogP contribution is -2.47. The van der Waals surface area contributed by atoms with Crippen molar-refractivity contribution in [3.63, 3.8) is 0 Å². The van der Waals surface area contributed by atoms with E-state index in [-0.39, 0.29) is 11.3 Å². The van der Waals surface area contributed by atoms with E-state index in [4.69, 9.17) is 4.74 Å². The summed E-state index contributed by atoms with van der Waals surface area (Å²) in [5.41, 5.74) is 4.98. The minimum absolute atomic E-state index is 0.0996. The van der Waals surface area contributed by atoms with Gasteiger partial charge in [-0.05, 0) is 42.3 Å². The summed E-state index contributed by atoms with van der Waals surface area (Å²) in [6.45, 7) is 3.20. The molecule has 2 amide bonds. The molecule has 3 rings (SSSR count). The van der Waals surface area contributed by atoms with E-state index in [0.29, 0.717) is 11.3 Å². The van der Waals surface area contributed by atoms with Gasteiger partial charge in [0.15, 0.2) is 6.10 Å². The smallest absolute Gasteiger partial charge is 0.279 e. The molecule has 0 saturated carbocycles. The minimum atomic E-state index is -0.873. The molecule has 0 aliphatic carbocycles. The molecule has 0 aliphatic heterocycles. The van der Waals surface area contributed by atoms with E-state index in [1.165, 1.54) is 12.1 Å². The van der Waals surface area contributed by atoms with E-state index in [2.05, 4.69) is 10.9 Å². The molecule has 29 heavy (non-hydrogen) atoms. The van der Waals surface area contributed by atoms with Crippen LogP contribution in [-0.4, -0.2) is 22.8 Å². The van der Waals surface area contributed by atoms with Gasteiger partial charge in [-0.1, -0.05) is 36.4 Å². The zero-order chi connectivity index (χ0) is 21.0. The van der Waals surface area contributed by atoms with Gasteiger partial charge in [-0.2, -0.15) is 0 Å². The monoisotopic (exact) mass is 393 g/mol. The number of nitro groups is 1. The maximum Gasteiger partial charge on any atom is 0.279 e. The van der Waals surface area contributed by atoms with Gasteiger partial charge in [0.05, 0.1) is 10.5 Å². The van der Waals surface area contributed by atoms with E-state index < -0.39 is 22.8 Å². The molecule has 8 nitrogen and oxygen atoms in total. The number of fused-ring (bicyclic) bond motifs is 1.